The minimum Gasteiger partial charge on any atom is -0.478 e. The number of para-hydroxylation sites is 1. The van der Waals surface area contributed by atoms with Crippen LogP contribution in [-0.2, 0) is 11.3 Å². The SMILES string of the molecule is CC(C)(Oc1ccc(F)cc1)C(=O)Nc1ccccc1C(=O)NCc1ccccc1. The summed E-state index contributed by atoms with van der Waals surface area (Å²) in [6.07, 6.45) is 0. The van der Waals surface area contributed by atoms with Gasteiger partial charge in [-0.25, -0.2) is 4.39 Å². The van der Waals surface area contributed by atoms with Crippen molar-refractivity contribution in [2.24, 2.45) is 0 Å². The maximum absolute atomic E-state index is 13.1. The van der Waals surface area contributed by atoms with Crippen LogP contribution in [0.15, 0.2) is 78.9 Å². The van der Waals surface area contributed by atoms with Crippen molar-refractivity contribution >= 4 is 17.5 Å². The Morgan fingerprint density at radius 1 is 0.900 bits per heavy atom. The highest BCUT2D eigenvalue weighted by Gasteiger charge is 2.31. The summed E-state index contributed by atoms with van der Waals surface area (Å²) in [7, 11) is 0. The first kappa shape index (κ1) is 21.0. The number of rotatable bonds is 7. The molecule has 0 fully saturated rings. The number of ether oxygens (including phenoxy) is 1. The van der Waals surface area contributed by atoms with E-state index in [-0.39, 0.29) is 11.7 Å². The van der Waals surface area contributed by atoms with Crippen molar-refractivity contribution in [1.29, 1.82) is 0 Å². The fourth-order valence-electron chi connectivity index (χ4n) is 2.78. The lowest BCUT2D eigenvalue weighted by Crippen LogP contribution is -2.43. The number of anilines is 1. The number of nitrogens with one attached hydrogen (secondary N) is 2. The molecule has 0 saturated carbocycles. The van der Waals surface area contributed by atoms with Gasteiger partial charge < -0.3 is 15.4 Å². The van der Waals surface area contributed by atoms with Crippen LogP contribution in [0, 0.1) is 5.82 Å². The molecule has 6 heteroatoms. The molecule has 3 rings (SSSR count). The second-order valence-electron chi connectivity index (χ2n) is 7.23. The number of amides is 2. The van der Waals surface area contributed by atoms with Gasteiger partial charge >= 0.3 is 0 Å². The van der Waals surface area contributed by atoms with Crippen LogP contribution < -0.4 is 15.4 Å². The first-order valence-corrected chi connectivity index (χ1v) is 9.52. The average molecular weight is 406 g/mol. The van der Waals surface area contributed by atoms with Gasteiger partial charge in [0, 0.05) is 6.54 Å². The summed E-state index contributed by atoms with van der Waals surface area (Å²) in [6.45, 7) is 3.58. The quantitative estimate of drug-likeness (QED) is 0.605. The molecule has 30 heavy (non-hydrogen) atoms. The van der Waals surface area contributed by atoms with Gasteiger partial charge in [0.1, 0.15) is 11.6 Å². The lowest BCUT2D eigenvalue weighted by Gasteiger charge is -2.25. The summed E-state index contributed by atoms with van der Waals surface area (Å²) in [5.41, 5.74) is 0.454. The van der Waals surface area contributed by atoms with Crippen molar-refractivity contribution in [3.8, 4) is 5.75 Å². The standard InChI is InChI=1S/C24H23FN2O3/c1-24(2,30-19-14-12-18(25)13-15-19)23(29)27-21-11-7-6-10-20(21)22(28)26-16-17-8-4-3-5-9-17/h3-15H,16H2,1-2H3,(H,26,28)(H,27,29). The van der Waals surface area contributed by atoms with E-state index in [4.69, 9.17) is 4.74 Å². The van der Waals surface area contributed by atoms with E-state index in [2.05, 4.69) is 10.6 Å². The fraction of sp³-hybridized carbons (Fsp3) is 0.167. The van der Waals surface area contributed by atoms with Crippen LogP contribution >= 0.6 is 0 Å². The molecular formula is C24H23FN2O3. The molecule has 0 aliphatic rings. The van der Waals surface area contributed by atoms with Gasteiger partial charge in [0.05, 0.1) is 11.3 Å². The minimum atomic E-state index is -1.24. The van der Waals surface area contributed by atoms with E-state index >= 15 is 0 Å². The smallest absolute Gasteiger partial charge is 0.267 e. The highest BCUT2D eigenvalue weighted by Crippen LogP contribution is 2.22. The van der Waals surface area contributed by atoms with E-state index in [1.807, 2.05) is 30.3 Å². The number of carbonyl (C=O) groups excluding carboxylic acids is 2. The second-order valence-corrected chi connectivity index (χ2v) is 7.23. The Balaban J connectivity index is 1.69. The minimum absolute atomic E-state index is 0.299. The van der Waals surface area contributed by atoms with Gasteiger partial charge in [-0.3, -0.25) is 9.59 Å². The van der Waals surface area contributed by atoms with Gasteiger partial charge in [0.25, 0.3) is 11.8 Å². The monoisotopic (exact) mass is 406 g/mol. The lowest BCUT2D eigenvalue weighted by atomic mass is 10.1. The molecular weight excluding hydrogens is 383 g/mol. The Morgan fingerprint density at radius 3 is 2.23 bits per heavy atom. The molecule has 154 valence electrons. The Kier molecular flexibility index (Phi) is 6.47. The molecule has 3 aromatic carbocycles. The zero-order chi connectivity index (χ0) is 21.6. The summed E-state index contributed by atoms with van der Waals surface area (Å²) in [4.78, 5) is 25.5. The van der Waals surface area contributed by atoms with Crippen molar-refractivity contribution in [3.63, 3.8) is 0 Å². The predicted molar refractivity (Wildman–Crippen MR) is 114 cm³/mol. The Hall–Kier alpha value is -3.67. The molecule has 2 amide bonds. The van der Waals surface area contributed by atoms with Gasteiger partial charge in [-0.1, -0.05) is 42.5 Å². The zero-order valence-corrected chi connectivity index (χ0v) is 16.8. The summed E-state index contributed by atoms with van der Waals surface area (Å²) in [5.74, 6) is -0.757. The molecule has 0 spiro atoms. The van der Waals surface area contributed by atoms with Crippen LogP contribution in [0.4, 0.5) is 10.1 Å². The molecule has 5 nitrogen and oxygen atoms in total. The molecule has 0 heterocycles. The van der Waals surface area contributed by atoms with Crippen molar-refractivity contribution in [2.45, 2.75) is 26.0 Å². The van der Waals surface area contributed by atoms with E-state index in [0.29, 0.717) is 23.5 Å². The van der Waals surface area contributed by atoms with Crippen LogP contribution in [0.5, 0.6) is 5.75 Å². The van der Waals surface area contributed by atoms with Crippen molar-refractivity contribution < 1.29 is 18.7 Å². The van der Waals surface area contributed by atoms with E-state index in [9.17, 15) is 14.0 Å². The van der Waals surface area contributed by atoms with Gasteiger partial charge in [-0.2, -0.15) is 0 Å². The van der Waals surface area contributed by atoms with Crippen LogP contribution in [0.2, 0.25) is 0 Å². The third kappa shape index (κ3) is 5.44. The predicted octanol–water partition coefficient (Wildman–Crippen LogP) is 4.55. The summed E-state index contributed by atoms with van der Waals surface area (Å²) >= 11 is 0. The van der Waals surface area contributed by atoms with E-state index in [0.717, 1.165) is 5.56 Å². The molecule has 0 saturated heterocycles. The molecule has 0 aliphatic heterocycles. The van der Waals surface area contributed by atoms with Crippen molar-refractivity contribution in [1.82, 2.24) is 5.32 Å². The fourth-order valence-corrected chi connectivity index (χ4v) is 2.78. The highest BCUT2D eigenvalue weighted by molar-refractivity contribution is 6.05. The number of halogens is 1. The number of carbonyl (C=O) groups is 2. The van der Waals surface area contributed by atoms with Crippen LogP contribution in [0.1, 0.15) is 29.8 Å². The molecule has 0 aliphatic carbocycles. The third-order valence-electron chi connectivity index (χ3n) is 4.45. The highest BCUT2D eigenvalue weighted by atomic mass is 19.1. The van der Waals surface area contributed by atoms with Crippen LogP contribution in [-0.4, -0.2) is 17.4 Å². The number of hydrogen-bond acceptors (Lipinski definition) is 3. The molecule has 0 unspecified atom stereocenters. The first-order valence-electron chi connectivity index (χ1n) is 9.52. The average Bonchev–Trinajstić information content (AvgIpc) is 2.74. The van der Waals surface area contributed by atoms with E-state index < -0.39 is 11.5 Å². The normalized spacial score (nSPS) is 10.9. The van der Waals surface area contributed by atoms with Crippen molar-refractivity contribution in [3.05, 3.63) is 95.8 Å². The van der Waals surface area contributed by atoms with E-state index in [1.165, 1.54) is 24.3 Å². The first-order chi connectivity index (χ1) is 14.3. The summed E-state index contributed by atoms with van der Waals surface area (Å²) in [6, 6.07) is 21.7. The van der Waals surface area contributed by atoms with Crippen LogP contribution in [0.3, 0.4) is 0 Å². The zero-order valence-electron chi connectivity index (χ0n) is 16.8. The number of benzene rings is 3. The molecule has 2 N–H and O–H groups in total. The maximum atomic E-state index is 13.1. The maximum Gasteiger partial charge on any atom is 0.267 e. The second kappa shape index (κ2) is 9.22. The summed E-state index contributed by atoms with van der Waals surface area (Å²) < 4.78 is 18.8. The molecule has 0 aromatic heterocycles. The number of hydrogen-bond donors (Lipinski definition) is 2. The van der Waals surface area contributed by atoms with Gasteiger partial charge in [0.15, 0.2) is 5.60 Å². The molecule has 3 aromatic rings. The molecule has 0 radical (unpaired) electrons. The lowest BCUT2D eigenvalue weighted by molar-refractivity contribution is -0.128. The topological polar surface area (TPSA) is 67.4 Å². The molecule has 0 atom stereocenters. The van der Waals surface area contributed by atoms with Crippen molar-refractivity contribution in [2.75, 3.05) is 5.32 Å². The third-order valence-corrected chi connectivity index (χ3v) is 4.45. The Bertz CT molecular complexity index is 1020. The van der Waals surface area contributed by atoms with Gasteiger partial charge in [-0.15, -0.1) is 0 Å². The Morgan fingerprint density at radius 2 is 1.53 bits per heavy atom. The van der Waals surface area contributed by atoms with Crippen LogP contribution in [0.25, 0.3) is 0 Å². The van der Waals surface area contributed by atoms with Gasteiger partial charge in [0.2, 0.25) is 0 Å². The summed E-state index contributed by atoms with van der Waals surface area (Å²) in [5, 5.41) is 5.62. The largest absolute Gasteiger partial charge is 0.478 e. The van der Waals surface area contributed by atoms with E-state index in [1.54, 1.807) is 38.1 Å². The Labute approximate surface area is 174 Å². The molecule has 0 bridgehead atoms. The van der Waals surface area contributed by atoms with Gasteiger partial charge in [-0.05, 0) is 55.8 Å².